The zero-order chi connectivity index (χ0) is 18.2. The largest absolute Gasteiger partial charge is 1.00 e. The number of carbonyl (C=O) groups excluding carboxylic acids is 2. The SMILES string of the molecule is CCCCCCCCC(CCCCCC)CC(CC(=O)[O-])C(=O)[O-].[Na+].[Na+]. The molecule has 0 aromatic carbocycles. The fourth-order valence-corrected chi connectivity index (χ4v) is 3.32. The Hall–Kier alpha value is 0.940. The molecule has 0 radical (unpaired) electrons. The molecule has 2 unspecified atom stereocenters. The minimum absolute atomic E-state index is 0. The Balaban J connectivity index is -0.00000264. The molecular weight excluding hydrogens is 350 g/mol. The van der Waals surface area contributed by atoms with Crippen LogP contribution in [0.2, 0.25) is 0 Å². The second-order valence-electron chi connectivity index (χ2n) is 7.10. The Morgan fingerprint density at radius 1 is 0.731 bits per heavy atom. The molecule has 4 nitrogen and oxygen atoms in total. The monoisotopic (exact) mass is 386 g/mol. The topological polar surface area (TPSA) is 80.3 Å². The van der Waals surface area contributed by atoms with Gasteiger partial charge in [0.1, 0.15) is 0 Å². The molecular formula is C20H36Na2O4. The van der Waals surface area contributed by atoms with Gasteiger partial charge in [-0.25, -0.2) is 0 Å². The number of hydrogen-bond donors (Lipinski definition) is 0. The molecule has 0 aliphatic heterocycles. The van der Waals surface area contributed by atoms with Crippen molar-refractivity contribution in [1.29, 1.82) is 0 Å². The first-order chi connectivity index (χ1) is 11.5. The van der Waals surface area contributed by atoms with Crippen molar-refractivity contribution in [3.05, 3.63) is 0 Å². The fourth-order valence-electron chi connectivity index (χ4n) is 3.32. The maximum absolute atomic E-state index is 11.2. The summed E-state index contributed by atoms with van der Waals surface area (Å²) in [6.07, 6.45) is 13.9. The molecule has 0 bridgehead atoms. The van der Waals surface area contributed by atoms with Crippen molar-refractivity contribution < 1.29 is 78.9 Å². The molecule has 26 heavy (non-hydrogen) atoms. The van der Waals surface area contributed by atoms with Crippen LogP contribution in [0, 0.1) is 11.8 Å². The molecule has 0 spiro atoms. The van der Waals surface area contributed by atoms with Gasteiger partial charge in [0, 0.05) is 17.9 Å². The molecule has 0 aromatic heterocycles. The maximum Gasteiger partial charge on any atom is 1.00 e. The van der Waals surface area contributed by atoms with Crippen LogP contribution in [-0.4, -0.2) is 11.9 Å². The summed E-state index contributed by atoms with van der Waals surface area (Å²) in [6, 6.07) is 0. The number of carbonyl (C=O) groups is 2. The van der Waals surface area contributed by atoms with E-state index >= 15 is 0 Å². The van der Waals surface area contributed by atoms with Crippen LogP contribution in [0.1, 0.15) is 104 Å². The molecule has 6 heteroatoms. The van der Waals surface area contributed by atoms with E-state index in [0.29, 0.717) is 6.42 Å². The predicted octanol–water partition coefficient (Wildman–Crippen LogP) is -2.77. The van der Waals surface area contributed by atoms with Gasteiger partial charge in [0.25, 0.3) is 0 Å². The molecule has 0 aliphatic carbocycles. The molecule has 142 valence electrons. The summed E-state index contributed by atoms with van der Waals surface area (Å²) in [6.45, 7) is 4.36. The van der Waals surface area contributed by atoms with Gasteiger partial charge in [-0.3, -0.25) is 0 Å². The van der Waals surface area contributed by atoms with E-state index in [4.69, 9.17) is 0 Å². The van der Waals surface area contributed by atoms with Crippen molar-refractivity contribution in [3.63, 3.8) is 0 Å². The van der Waals surface area contributed by atoms with Crippen LogP contribution >= 0.6 is 0 Å². The van der Waals surface area contributed by atoms with Gasteiger partial charge in [0.2, 0.25) is 0 Å². The summed E-state index contributed by atoms with van der Waals surface area (Å²) in [5, 5.41) is 21.9. The van der Waals surface area contributed by atoms with Crippen LogP contribution in [-0.2, 0) is 9.59 Å². The quantitative estimate of drug-likeness (QED) is 0.200. The van der Waals surface area contributed by atoms with Crippen LogP contribution in [0.15, 0.2) is 0 Å². The van der Waals surface area contributed by atoms with Gasteiger partial charge in [-0.15, -0.1) is 0 Å². The number of aliphatic carboxylic acids is 2. The molecule has 0 rings (SSSR count). The van der Waals surface area contributed by atoms with Crippen molar-refractivity contribution in [3.8, 4) is 0 Å². The van der Waals surface area contributed by atoms with Gasteiger partial charge in [0.05, 0.1) is 0 Å². The van der Waals surface area contributed by atoms with E-state index < -0.39 is 24.3 Å². The molecule has 0 amide bonds. The minimum Gasteiger partial charge on any atom is -0.550 e. The van der Waals surface area contributed by atoms with Crippen molar-refractivity contribution in [2.24, 2.45) is 11.8 Å². The third-order valence-electron chi connectivity index (χ3n) is 4.80. The van der Waals surface area contributed by atoms with Gasteiger partial charge in [-0.2, -0.15) is 0 Å². The second kappa shape index (κ2) is 22.2. The standard InChI is InChI=1S/C20H38O4.2Na/c1-3-5-7-9-10-12-14-17(13-11-8-6-4-2)15-18(20(23)24)16-19(21)22;;/h17-18H,3-16H2,1-2H3,(H,21,22)(H,23,24);;/q;2*+1/p-2. The van der Waals surface area contributed by atoms with E-state index in [1.807, 2.05) is 0 Å². The molecule has 2 atom stereocenters. The van der Waals surface area contributed by atoms with E-state index in [1.54, 1.807) is 0 Å². The Kier molecular flexibility index (Phi) is 27.0. The van der Waals surface area contributed by atoms with Crippen molar-refractivity contribution >= 4 is 11.9 Å². The first-order valence-electron chi connectivity index (χ1n) is 9.91. The summed E-state index contributed by atoms with van der Waals surface area (Å²) in [5.41, 5.74) is 0. The molecule has 0 aromatic rings. The van der Waals surface area contributed by atoms with Crippen LogP contribution < -0.4 is 69.3 Å². The summed E-state index contributed by atoms with van der Waals surface area (Å²) in [4.78, 5) is 21.9. The average molecular weight is 386 g/mol. The van der Waals surface area contributed by atoms with Gasteiger partial charge in [-0.05, 0) is 18.8 Å². The van der Waals surface area contributed by atoms with Crippen LogP contribution in [0.3, 0.4) is 0 Å². The molecule has 0 saturated heterocycles. The Labute approximate surface area is 204 Å². The minimum atomic E-state index is -1.30. The van der Waals surface area contributed by atoms with E-state index in [1.165, 1.54) is 51.4 Å². The summed E-state index contributed by atoms with van der Waals surface area (Å²) >= 11 is 0. The van der Waals surface area contributed by atoms with Gasteiger partial charge in [0.15, 0.2) is 0 Å². The Morgan fingerprint density at radius 3 is 1.58 bits per heavy atom. The molecule has 0 N–H and O–H groups in total. The summed E-state index contributed by atoms with van der Waals surface area (Å²) in [5.74, 6) is -3.17. The number of carboxylic acid groups (broad SMARTS) is 2. The Bertz CT molecular complexity index is 338. The normalized spacial score (nSPS) is 12.5. The third-order valence-corrected chi connectivity index (χ3v) is 4.80. The van der Waals surface area contributed by atoms with E-state index in [2.05, 4.69) is 13.8 Å². The second-order valence-corrected chi connectivity index (χ2v) is 7.10. The smallest absolute Gasteiger partial charge is 0.550 e. The predicted molar refractivity (Wildman–Crippen MR) is 93.0 cm³/mol. The van der Waals surface area contributed by atoms with Crippen molar-refractivity contribution in [2.75, 3.05) is 0 Å². The maximum atomic E-state index is 11.2. The molecule has 0 aliphatic rings. The van der Waals surface area contributed by atoms with E-state index in [9.17, 15) is 19.8 Å². The third kappa shape index (κ3) is 19.7. The Morgan fingerprint density at radius 2 is 1.15 bits per heavy atom. The van der Waals surface area contributed by atoms with Crippen LogP contribution in [0.25, 0.3) is 0 Å². The first kappa shape index (κ1) is 31.6. The number of carboxylic acids is 2. The molecule has 0 heterocycles. The van der Waals surface area contributed by atoms with Crippen molar-refractivity contribution in [2.45, 2.75) is 104 Å². The van der Waals surface area contributed by atoms with Crippen LogP contribution in [0.5, 0.6) is 0 Å². The van der Waals surface area contributed by atoms with Gasteiger partial charge >= 0.3 is 59.1 Å². The summed E-state index contributed by atoms with van der Waals surface area (Å²) < 4.78 is 0. The zero-order valence-corrected chi connectivity index (χ0v) is 21.7. The summed E-state index contributed by atoms with van der Waals surface area (Å²) in [7, 11) is 0. The average Bonchev–Trinajstić information content (AvgIpc) is 2.53. The van der Waals surface area contributed by atoms with Crippen molar-refractivity contribution in [1.82, 2.24) is 0 Å². The number of unbranched alkanes of at least 4 members (excludes halogenated alkanes) is 8. The molecule has 0 fully saturated rings. The van der Waals surface area contributed by atoms with Crippen LogP contribution in [0.4, 0.5) is 0 Å². The fraction of sp³-hybridized carbons (Fsp3) is 0.900. The first-order valence-corrected chi connectivity index (χ1v) is 9.91. The number of hydrogen-bond acceptors (Lipinski definition) is 4. The number of rotatable bonds is 17. The zero-order valence-electron chi connectivity index (χ0n) is 17.7. The van der Waals surface area contributed by atoms with Gasteiger partial charge in [-0.1, -0.05) is 90.9 Å². The van der Waals surface area contributed by atoms with E-state index in [0.717, 1.165) is 25.7 Å². The molecule has 0 saturated carbocycles. The van der Waals surface area contributed by atoms with Gasteiger partial charge < -0.3 is 19.8 Å². The van der Waals surface area contributed by atoms with E-state index in [-0.39, 0.29) is 65.0 Å².